The molecule has 18 heavy (non-hydrogen) atoms. The van der Waals surface area contributed by atoms with E-state index in [-0.39, 0.29) is 12.5 Å². The van der Waals surface area contributed by atoms with Crippen LogP contribution in [0.3, 0.4) is 0 Å². The average molecular weight is 268 g/mol. The van der Waals surface area contributed by atoms with Crippen molar-refractivity contribution in [2.45, 2.75) is 37.8 Å². The van der Waals surface area contributed by atoms with Gasteiger partial charge in [0, 0.05) is 24.1 Å². The molecule has 0 spiro atoms. The van der Waals surface area contributed by atoms with Gasteiger partial charge in [-0.3, -0.25) is 4.79 Å². The highest BCUT2D eigenvalue weighted by atomic mass is 32.1. The van der Waals surface area contributed by atoms with Crippen molar-refractivity contribution in [3.63, 3.8) is 0 Å². The molecule has 1 aromatic heterocycles. The summed E-state index contributed by atoms with van der Waals surface area (Å²) < 4.78 is 0. The highest BCUT2D eigenvalue weighted by Crippen LogP contribution is 2.28. The molecule has 0 aromatic carbocycles. The van der Waals surface area contributed by atoms with Gasteiger partial charge in [0.25, 0.3) is 0 Å². The van der Waals surface area contributed by atoms with Gasteiger partial charge in [-0.05, 0) is 37.1 Å². The van der Waals surface area contributed by atoms with E-state index in [9.17, 15) is 4.79 Å². The van der Waals surface area contributed by atoms with Crippen molar-refractivity contribution in [1.29, 1.82) is 0 Å². The zero-order valence-corrected chi connectivity index (χ0v) is 11.2. The molecule has 3 N–H and O–H groups in total. The van der Waals surface area contributed by atoms with Crippen LogP contribution < -0.4 is 5.73 Å². The van der Waals surface area contributed by atoms with Gasteiger partial charge >= 0.3 is 0 Å². The number of amides is 1. The number of carbonyl (C=O) groups excluding carboxylic acids is 1. The Kier molecular flexibility index (Phi) is 4.74. The number of hydrogen-bond donors (Lipinski definition) is 2. The van der Waals surface area contributed by atoms with Crippen LogP contribution in [0.4, 0.5) is 0 Å². The second kappa shape index (κ2) is 6.31. The third-order valence-corrected chi connectivity index (χ3v) is 4.43. The van der Waals surface area contributed by atoms with Crippen molar-refractivity contribution in [2.75, 3.05) is 13.2 Å². The number of aliphatic hydroxyl groups is 1. The van der Waals surface area contributed by atoms with Crippen molar-refractivity contribution in [2.24, 2.45) is 5.73 Å². The van der Waals surface area contributed by atoms with E-state index in [1.807, 2.05) is 22.4 Å². The van der Waals surface area contributed by atoms with Crippen molar-refractivity contribution >= 4 is 17.2 Å². The molecule has 1 aromatic rings. The molecule has 5 heteroatoms. The summed E-state index contributed by atoms with van der Waals surface area (Å²) in [7, 11) is 0. The SMILES string of the molecule is NC(C(=O)N(CCCO)C1CCC1)c1cccs1. The predicted molar refractivity (Wildman–Crippen MR) is 72.3 cm³/mol. The fourth-order valence-electron chi connectivity index (χ4n) is 2.18. The minimum Gasteiger partial charge on any atom is -0.396 e. The van der Waals surface area contributed by atoms with Gasteiger partial charge in [0.1, 0.15) is 6.04 Å². The second-order valence-electron chi connectivity index (χ2n) is 4.69. The van der Waals surface area contributed by atoms with Crippen molar-refractivity contribution < 1.29 is 9.90 Å². The van der Waals surface area contributed by atoms with E-state index in [4.69, 9.17) is 10.8 Å². The van der Waals surface area contributed by atoms with Crippen LogP contribution in [0.5, 0.6) is 0 Å². The molecule has 4 nitrogen and oxygen atoms in total. The quantitative estimate of drug-likeness (QED) is 0.822. The lowest BCUT2D eigenvalue weighted by atomic mass is 9.90. The van der Waals surface area contributed by atoms with Crippen LogP contribution >= 0.6 is 11.3 Å². The summed E-state index contributed by atoms with van der Waals surface area (Å²) >= 11 is 1.52. The third kappa shape index (κ3) is 2.91. The minimum absolute atomic E-state index is 0.00407. The van der Waals surface area contributed by atoms with Gasteiger partial charge in [-0.2, -0.15) is 0 Å². The maximum absolute atomic E-state index is 12.4. The lowest BCUT2D eigenvalue weighted by Crippen LogP contribution is -2.48. The van der Waals surface area contributed by atoms with Crippen LogP contribution in [0.2, 0.25) is 0 Å². The maximum Gasteiger partial charge on any atom is 0.245 e. The molecule has 0 bridgehead atoms. The Morgan fingerprint density at radius 2 is 2.39 bits per heavy atom. The summed E-state index contributed by atoms with van der Waals surface area (Å²) in [4.78, 5) is 15.2. The standard InChI is InChI=1S/C13H20N2O2S/c14-12(11-6-2-9-18-11)13(17)15(7-3-8-16)10-4-1-5-10/h2,6,9-10,12,16H,1,3-5,7-8,14H2. The molecule has 0 aliphatic heterocycles. The summed E-state index contributed by atoms with van der Waals surface area (Å²) in [6.07, 6.45) is 3.93. The first-order chi connectivity index (χ1) is 8.74. The van der Waals surface area contributed by atoms with Crippen LogP contribution in [-0.2, 0) is 4.79 Å². The Bertz CT molecular complexity index is 376. The number of hydrogen-bond acceptors (Lipinski definition) is 4. The van der Waals surface area contributed by atoms with Crippen LogP contribution in [-0.4, -0.2) is 35.1 Å². The molecule has 1 atom stereocenters. The third-order valence-electron chi connectivity index (χ3n) is 3.47. The van der Waals surface area contributed by atoms with E-state index in [1.54, 1.807) is 0 Å². The van der Waals surface area contributed by atoms with Crippen molar-refractivity contribution in [1.82, 2.24) is 4.90 Å². The minimum atomic E-state index is -0.552. The molecule has 1 fully saturated rings. The van der Waals surface area contributed by atoms with Gasteiger partial charge in [0.2, 0.25) is 5.91 Å². The summed E-state index contributed by atoms with van der Waals surface area (Å²) in [6, 6.07) is 3.59. The van der Waals surface area contributed by atoms with Gasteiger partial charge < -0.3 is 15.7 Å². The number of carbonyl (C=O) groups is 1. The van der Waals surface area contributed by atoms with E-state index in [0.29, 0.717) is 19.0 Å². The Hall–Kier alpha value is -0.910. The fraction of sp³-hybridized carbons (Fsp3) is 0.615. The molecular formula is C13H20N2O2S. The normalized spacial score (nSPS) is 17.2. The summed E-state index contributed by atoms with van der Waals surface area (Å²) in [5, 5.41) is 10.9. The fourth-order valence-corrected chi connectivity index (χ4v) is 2.90. The van der Waals surface area contributed by atoms with Gasteiger partial charge in [-0.1, -0.05) is 6.07 Å². The number of nitrogens with two attached hydrogens (primary N) is 1. The van der Waals surface area contributed by atoms with Gasteiger partial charge in [-0.25, -0.2) is 0 Å². The average Bonchev–Trinajstić information content (AvgIpc) is 2.83. The Balaban J connectivity index is 2.02. The first kappa shape index (κ1) is 13.5. The molecule has 1 aliphatic rings. The van der Waals surface area contributed by atoms with E-state index >= 15 is 0 Å². The Morgan fingerprint density at radius 1 is 1.61 bits per heavy atom. The largest absolute Gasteiger partial charge is 0.396 e. The van der Waals surface area contributed by atoms with E-state index in [1.165, 1.54) is 17.8 Å². The van der Waals surface area contributed by atoms with Crippen LogP contribution in [0.1, 0.15) is 36.6 Å². The molecule has 1 amide bonds. The molecule has 1 unspecified atom stereocenters. The van der Waals surface area contributed by atoms with Crippen LogP contribution in [0.15, 0.2) is 17.5 Å². The molecule has 0 saturated heterocycles. The monoisotopic (exact) mass is 268 g/mol. The Labute approximate surface area is 111 Å². The molecule has 1 saturated carbocycles. The Morgan fingerprint density at radius 3 is 2.89 bits per heavy atom. The first-order valence-corrected chi connectivity index (χ1v) is 7.32. The van der Waals surface area contributed by atoms with Crippen LogP contribution in [0.25, 0.3) is 0 Å². The summed E-state index contributed by atoms with van der Waals surface area (Å²) in [6.45, 7) is 0.726. The second-order valence-corrected chi connectivity index (χ2v) is 5.67. The topological polar surface area (TPSA) is 66.6 Å². The lowest BCUT2D eigenvalue weighted by Gasteiger charge is -2.38. The smallest absolute Gasteiger partial charge is 0.245 e. The number of rotatable bonds is 6. The number of thiophene rings is 1. The zero-order valence-electron chi connectivity index (χ0n) is 10.4. The van der Waals surface area contributed by atoms with E-state index in [2.05, 4.69) is 0 Å². The zero-order chi connectivity index (χ0) is 13.0. The summed E-state index contributed by atoms with van der Waals surface area (Å²) in [5.74, 6) is -0.00407. The first-order valence-electron chi connectivity index (χ1n) is 6.44. The molecule has 2 rings (SSSR count). The van der Waals surface area contributed by atoms with Crippen molar-refractivity contribution in [3.8, 4) is 0 Å². The lowest BCUT2D eigenvalue weighted by molar-refractivity contribution is -0.137. The summed E-state index contributed by atoms with van der Waals surface area (Å²) in [5.41, 5.74) is 6.03. The van der Waals surface area contributed by atoms with E-state index < -0.39 is 6.04 Å². The van der Waals surface area contributed by atoms with Gasteiger partial charge in [0.05, 0.1) is 0 Å². The van der Waals surface area contributed by atoms with Gasteiger partial charge in [-0.15, -0.1) is 11.3 Å². The predicted octanol–water partition coefficient (Wildman–Crippen LogP) is 1.51. The number of nitrogens with zero attached hydrogens (tertiary/aromatic N) is 1. The maximum atomic E-state index is 12.4. The van der Waals surface area contributed by atoms with Gasteiger partial charge in [0.15, 0.2) is 0 Å². The highest BCUT2D eigenvalue weighted by molar-refractivity contribution is 7.10. The van der Waals surface area contributed by atoms with E-state index in [0.717, 1.165) is 17.7 Å². The molecule has 1 aliphatic carbocycles. The van der Waals surface area contributed by atoms with Crippen molar-refractivity contribution in [3.05, 3.63) is 22.4 Å². The molecule has 1 heterocycles. The van der Waals surface area contributed by atoms with Crippen LogP contribution in [0, 0.1) is 0 Å². The molecule has 0 radical (unpaired) electrons. The number of aliphatic hydroxyl groups excluding tert-OH is 1. The molecule has 100 valence electrons. The molecular weight excluding hydrogens is 248 g/mol. The highest BCUT2D eigenvalue weighted by Gasteiger charge is 2.31.